The van der Waals surface area contributed by atoms with E-state index in [4.69, 9.17) is 0 Å². The Bertz CT molecular complexity index is 808. The van der Waals surface area contributed by atoms with Gasteiger partial charge in [0.15, 0.2) is 5.78 Å². The average Bonchev–Trinajstić information content (AvgIpc) is 3.23. The second kappa shape index (κ2) is 12.1. The van der Waals surface area contributed by atoms with E-state index in [0.717, 1.165) is 30.6 Å². The number of likely N-dealkylation sites (tertiary alicyclic amines) is 1. The molecule has 0 spiro atoms. The van der Waals surface area contributed by atoms with Crippen LogP contribution in [0, 0.1) is 6.92 Å². The molecule has 3 amide bonds. The molecule has 0 atom stereocenters. The fourth-order valence-corrected chi connectivity index (χ4v) is 5.26. The number of aryl methyl sites for hydroxylation is 1. The van der Waals surface area contributed by atoms with E-state index in [2.05, 4.69) is 10.6 Å². The SMILES string of the molecule is Cc1ccc(C(=O)CCC(=O)CCC(=O)N2CCC(NC(=O)NC3CCCCC3)CC2)s1. The van der Waals surface area contributed by atoms with E-state index in [1.165, 1.54) is 30.6 Å². The number of carbonyl (C=O) groups excluding carboxylic acids is 4. The van der Waals surface area contributed by atoms with E-state index in [-0.39, 0.29) is 61.3 Å². The van der Waals surface area contributed by atoms with Crippen molar-refractivity contribution >= 4 is 34.8 Å². The summed E-state index contributed by atoms with van der Waals surface area (Å²) in [6, 6.07) is 3.97. The number of rotatable bonds is 9. The zero-order chi connectivity index (χ0) is 22.9. The normalized spacial score (nSPS) is 17.7. The van der Waals surface area contributed by atoms with Gasteiger partial charge in [-0.3, -0.25) is 14.4 Å². The number of hydrogen-bond donors (Lipinski definition) is 2. The molecule has 0 bridgehead atoms. The molecule has 1 aliphatic heterocycles. The van der Waals surface area contributed by atoms with E-state index < -0.39 is 0 Å². The van der Waals surface area contributed by atoms with Crippen molar-refractivity contribution < 1.29 is 19.2 Å². The van der Waals surface area contributed by atoms with Crippen molar-refractivity contribution in [2.45, 2.75) is 89.6 Å². The molecular weight excluding hydrogens is 426 g/mol. The first-order valence-corrected chi connectivity index (χ1v) is 12.7. The third-order valence-corrected chi connectivity index (χ3v) is 7.43. The molecule has 1 saturated carbocycles. The van der Waals surface area contributed by atoms with Crippen LogP contribution >= 0.6 is 11.3 Å². The second-order valence-corrected chi connectivity index (χ2v) is 10.3. The molecular formula is C24H35N3O4S. The number of Topliss-reactive ketones (excluding diaryl/α,β-unsaturated/α-hetero) is 2. The lowest BCUT2D eigenvalue weighted by Crippen LogP contribution is -2.51. The highest BCUT2D eigenvalue weighted by atomic mass is 32.1. The Kier molecular flexibility index (Phi) is 9.26. The Morgan fingerprint density at radius 2 is 1.50 bits per heavy atom. The molecule has 32 heavy (non-hydrogen) atoms. The monoisotopic (exact) mass is 461 g/mol. The largest absolute Gasteiger partial charge is 0.343 e. The van der Waals surface area contributed by atoms with Crippen molar-refractivity contribution in [1.29, 1.82) is 0 Å². The van der Waals surface area contributed by atoms with Crippen molar-refractivity contribution in [2.24, 2.45) is 0 Å². The quantitative estimate of drug-likeness (QED) is 0.544. The van der Waals surface area contributed by atoms with Gasteiger partial charge in [0.1, 0.15) is 5.78 Å². The fourth-order valence-electron chi connectivity index (χ4n) is 4.42. The van der Waals surface area contributed by atoms with Crippen LogP contribution in [-0.4, -0.2) is 53.6 Å². The van der Waals surface area contributed by atoms with Crippen LogP contribution in [0.1, 0.15) is 85.2 Å². The maximum absolute atomic E-state index is 12.5. The minimum Gasteiger partial charge on any atom is -0.343 e. The van der Waals surface area contributed by atoms with Gasteiger partial charge in [-0.2, -0.15) is 0 Å². The Labute approximate surface area is 194 Å². The summed E-state index contributed by atoms with van der Waals surface area (Å²) < 4.78 is 0. The van der Waals surface area contributed by atoms with Crippen LogP contribution in [-0.2, 0) is 9.59 Å². The second-order valence-electron chi connectivity index (χ2n) is 8.98. The summed E-state index contributed by atoms with van der Waals surface area (Å²) in [5.41, 5.74) is 0. The van der Waals surface area contributed by atoms with Gasteiger partial charge >= 0.3 is 6.03 Å². The van der Waals surface area contributed by atoms with E-state index >= 15 is 0 Å². The number of hydrogen-bond acceptors (Lipinski definition) is 5. The molecule has 1 aliphatic carbocycles. The summed E-state index contributed by atoms with van der Waals surface area (Å²) in [5.74, 6) is -0.0792. The lowest BCUT2D eigenvalue weighted by Gasteiger charge is -2.33. The molecule has 176 valence electrons. The number of nitrogens with one attached hydrogen (secondary N) is 2. The van der Waals surface area contributed by atoms with Crippen molar-refractivity contribution in [3.8, 4) is 0 Å². The Morgan fingerprint density at radius 3 is 2.12 bits per heavy atom. The Balaban J connectivity index is 1.29. The first kappa shape index (κ1) is 24.4. The van der Waals surface area contributed by atoms with Gasteiger partial charge in [0, 0.05) is 55.7 Å². The van der Waals surface area contributed by atoms with Crippen LogP contribution in [0.15, 0.2) is 12.1 Å². The van der Waals surface area contributed by atoms with E-state index in [0.29, 0.717) is 18.0 Å². The first-order chi connectivity index (χ1) is 15.4. The summed E-state index contributed by atoms with van der Waals surface area (Å²) in [6.07, 6.45) is 7.93. The molecule has 0 aromatic carbocycles. The number of amides is 3. The topological polar surface area (TPSA) is 95.6 Å². The van der Waals surface area contributed by atoms with E-state index in [1.807, 2.05) is 13.0 Å². The zero-order valence-corrected chi connectivity index (χ0v) is 19.8. The van der Waals surface area contributed by atoms with Gasteiger partial charge in [-0.05, 0) is 44.7 Å². The highest BCUT2D eigenvalue weighted by Gasteiger charge is 2.25. The lowest BCUT2D eigenvalue weighted by molar-refractivity contribution is -0.134. The van der Waals surface area contributed by atoms with Gasteiger partial charge in [-0.1, -0.05) is 19.3 Å². The molecule has 0 unspecified atom stereocenters. The van der Waals surface area contributed by atoms with Gasteiger partial charge in [-0.25, -0.2) is 4.79 Å². The molecule has 1 aromatic rings. The fraction of sp³-hybridized carbons (Fsp3) is 0.667. The minimum atomic E-state index is -0.0977. The third-order valence-electron chi connectivity index (χ3n) is 6.39. The summed E-state index contributed by atoms with van der Waals surface area (Å²) in [7, 11) is 0. The van der Waals surface area contributed by atoms with Crippen LogP contribution in [0.3, 0.4) is 0 Å². The molecule has 8 heteroatoms. The van der Waals surface area contributed by atoms with Gasteiger partial charge in [0.25, 0.3) is 0 Å². The minimum absolute atomic E-state index is 0.00938. The van der Waals surface area contributed by atoms with Crippen molar-refractivity contribution in [3.63, 3.8) is 0 Å². The number of piperidine rings is 1. The number of nitrogens with zero attached hydrogens (tertiary/aromatic N) is 1. The van der Waals surface area contributed by atoms with E-state index in [9.17, 15) is 19.2 Å². The maximum Gasteiger partial charge on any atom is 0.315 e. The van der Waals surface area contributed by atoms with Gasteiger partial charge in [0.2, 0.25) is 5.91 Å². The molecule has 2 aliphatic rings. The van der Waals surface area contributed by atoms with Crippen LogP contribution in [0.5, 0.6) is 0 Å². The van der Waals surface area contributed by atoms with Gasteiger partial charge in [0.05, 0.1) is 4.88 Å². The predicted molar refractivity (Wildman–Crippen MR) is 125 cm³/mol. The molecule has 2 N–H and O–H groups in total. The molecule has 7 nitrogen and oxygen atoms in total. The molecule has 1 aromatic heterocycles. The van der Waals surface area contributed by atoms with Crippen molar-refractivity contribution in [1.82, 2.24) is 15.5 Å². The Morgan fingerprint density at radius 1 is 0.875 bits per heavy atom. The van der Waals surface area contributed by atoms with Gasteiger partial charge in [-0.15, -0.1) is 11.3 Å². The summed E-state index contributed by atoms with van der Waals surface area (Å²) in [5, 5.41) is 6.12. The predicted octanol–water partition coefficient (Wildman–Crippen LogP) is 3.99. The standard InChI is InChI=1S/C24H35N3O4S/c1-17-7-11-22(32-17)21(29)10-8-20(28)9-12-23(30)27-15-13-19(14-16-27)26-24(31)25-18-5-3-2-4-6-18/h7,11,18-19H,2-6,8-10,12-16H2,1H3,(H2,25,26,31). The Hall–Kier alpha value is -2.22. The van der Waals surface area contributed by atoms with Crippen LogP contribution in [0.2, 0.25) is 0 Å². The number of urea groups is 1. The smallest absolute Gasteiger partial charge is 0.315 e. The lowest BCUT2D eigenvalue weighted by atomic mass is 9.96. The molecule has 2 heterocycles. The molecule has 1 saturated heterocycles. The number of thiophene rings is 1. The van der Waals surface area contributed by atoms with Gasteiger partial charge < -0.3 is 15.5 Å². The van der Waals surface area contributed by atoms with Crippen LogP contribution in [0.25, 0.3) is 0 Å². The summed E-state index contributed by atoms with van der Waals surface area (Å²) in [6.45, 7) is 3.14. The molecule has 0 radical (unpaired) electrons. The average molecular weight is 462 g/mol. The maximum atomic E-state index is 12.5. The number of carbonyl (C=O) groups is 4. The van der Waals surface area contributed by atoms with Crippen LogP contribution < -0.4 is 10.6 Å². The molecule has 2 fully saturated rings. The summed E-state index contributed by atoms with van der Waals surface area (Å²) >= 11 is 1.44. The summed E-state index contributed by atoms with van der Waals surface area (Å²) in [4.78, 5) is 52.5. The highest BCUT2D eigenvalue weighted by molar-refractivity contribution is 7.14. The van der Waals surface area contributed by atoms with Crippen LogP contribution in [0.4, 0.5) is 4.79 Å². The molecule has 3 rings (SSSR count). The van der Waals surface area contributed by atoms with Crippen molar-refractivity contribution in [3.05, 3.63) is 21.9 Å². The number of ketones is 2. The third kappa shape index (κ3) is 7.73. The first-order valence-electron chi connectivity index (χ1n) is 11.9. The highest BCUT2D eigenvalue weighted by Crippen LogP contribution is 2.19. The zero-order valence-electron chi connectivity index (χ0n) is 19.0. The van der Waals surface area contributed by atoms with Crippen molar-refractivity contribution in [2.75, 3.05) is 13.1 Å². The van der Waals surface area contributed by atoms with E-state index in [1.54, 1.807) is 11.0 Å².